The lowest BCUT2D eigenvalue weighted by Crippen LogP contribution is -2.13. The van der Waals surface area contributed by atoms with E-state index in [9.17, 15) is 4.39 Å². The van der Waals surface area contributed by atoms with Gasteiger partial charge in [-0.05, 0) is 37.6 Å². The van der Waals surface area contributed by atoms with Crippen molar-refractivity contribution in [3.8, 4) is 5.75 Å². The summed E-state index contributed by atoms with van der Waals surface area (Å²) >= 11 is 0. The van der Waals surface area contributed by atoms with Crippen molar-refractivity contribution in [2.24, 2.45) is 0 Å². The van der Waals surface area contributed by atoms with Gasteiger partial charge in [0.15, 0.2) is 0 Å². The highest BCUT2D eigenvalue weighted by molar-refractivity contribution is 5.44. The third-order valence-electron chi connectivity index (χ3n) is 2.96. The lowest BCUT2D eigenvalue weighted by Gasteiger charge is -2.11. The molecule has 0 amide bonds. The average molecular weight is 274 g/mol. The highest BCUT2D eigenvalue weighted by atomic mass is 19.1. The SMILES string of the molecule is CCc1nc(C)ccc1OCCNc1ccccc1F. The maximum Gasteiger partial charge on any atom is 0.146 e. The molecule has 0 saturated carbocycles. The van der Waals surface area contributed by atoms with Crippen LogP contribution in [0.5, 0.6) is 5.75 Å². The minimum absolute atomic E-state index is 0.251. The lowest BCUT2D eigenvalue weighted by atomic mass is 10.2. The molecule has 0 spiro atoms. The number of para-hydroxylation sites is 1. The Kier molecular flexibility index (Phi) is 4.93. The fourth-order valence-corrected chi connectivity index (χ4v) is 1.93. The Balaban J connectivity index is 1.86. The predicted octanol–water partition coefficient (Wildman–Crippen LogP) is 3.58. The fraction of sp³-hybridized carbons (Fsp3) is 0.312. The Morgan fingerprint density at radius 2 is 2.00 bits per heavy atom. The summed E-state index contributed by atoms with van der Waals surface area (Å²) in [4.78, 5) is 4.44. The molecule has 20 heavy (non-hydrogen) atoms. The van der Waals surface area contributed by atoms with E-state index >= 15 is 0 Å². The molecule has 3 nitrogen and oxygen atoms in total. The first kappa shape index (κ1) is 14.3. The van der Waals surface area contributed by atoms with Crippen LogP contribution in [0, 0.1) is 12.7 Å². The van der Waals surface area contributed by atoms with Crippen LogP contribution in [-0.2, 0) is 6.42 Å². The van der Waals surface area contributed by atoms with E-state index < -0.39 is 0 Å². The van der Waals surface area contributed by atoms with Crippen molar-refractivity contribution in [2.75, 3.05) is 18.5 Å². The number of anilines is 1. The number of benzene rings is 1. The number of nitrogens with zero attached hydrogens (tertiary/aromatic N) is 1. The number of nitrogens with one attached hydrogen (secondary N) is 1. The van der Waals surface area contributed by atoms with Crippen molar-refractivity contribution in [1.29, 1.82) is 0 Å². The van der Waals surface area contributed by atoms with Crippen molar-refractivity contribution in [3.63, 3.8) is 0 Å². The van der Waals surface area contributed by atoms with Crippen LogP contribution in [0.15, 0.2) is 36.4 Å². The fourth-order valence-electron chi connectivity index (χ4n) is 1.93. The van der Waals surface area contributed by atoms with Gasteiger partial charge in [0, 0.05) is 12.2 Å². The third-order valence-corrected chi connectivity index (χ3v) is 2.96. The van der Waals surface area contributed by atoms with Crippen molar-refractivity contribution >= 4 is 5.69 Å². The monoisotopic (exact) mass is 274 g/mol. The van der Waals surface area contributed by atoms with Gasteiger partial charge in [0.2, 0.25) is 0 Å². The van der Waals surface area contributed by atoms with Gasteiger partial charge in [-0.2, -0.15) is 0 Å². The molecule has 2 rings (SSSR count). The molecule has 1 aromatic heterocycles. The van der Waals surface area contributed by atoms with Gasteiger partial charge in [-0.1, -0.05) is 19.1 Å². The molecule has 4 heteroatoms. The van der Waals surface area contributed by atoms with Crippen molar-refractivity contribution in [1.82, 2.24) is 4.98 Å². The zero-order valence-electron chi connectivity index (χ0n) is 11.8. The number of pyridine rings is 1. The number of hydrogen-bond acceptors (Lipinski definition) is 3. The Morgan fingerprint density at radius 1 is 1.20 bits per heavy atom. The maximum atomic E-state index is 13.4. The highest BCUT2D eigenvalue weighted by Gasteiger charge is 2.04. The minimum Gasteiger partial charge on any atom is -0.490 e. The molecule has 0 aliphatic rings. The summed E-state index contributed by atoms with van der Waals surface area (Å²) in [7, 11) is 0. The van der Waals surface area contributed by atoms with E-state index in [4.69, 9.17) is 4.74 Å². The van der Waals surface area contributed by atoms with Crippen LogP contribution in [0.4, 0.5) is 10.1 Å². The van der Waals surface area contributed by atoms with Crippen LogP contribution in [0.1, 0.15) is 18.3 Å². The van der Waals surface area contributed by atoms with E-state index in [0.29, 0.717) is 18.8 Å². The number of hydrogen-bond donors (Lipinski definition) is 1. The molecule has 2 aromatic rings. The van der Waals surface area contributed by atoms with E-state index in [1.54, 1.807) is 18.2 Å². The summed E-state index contributed by atoms with van der Waals surface area (Å²) in [5, 5.41) is 3.01. The summed E-state index contributed by atoms with van der Waals surface area (Å²) in [5.74, 6) is 0.548. The second kappa shape index (κ2) is 6.89. The van der Waals surface area contributed by atoms with Crippen LogP contribution in [0.2, 0.25) is 0 Å². The molecule has 1 heterocycles. The van der Waals surface area contributed by atoms with Gasteiger partial charge in [-0.25, -0.2) is 4.39 Å². The highest BCUT2D eigenvalue weighted by Crippen LogP contribution is 2.17. The molecule has 0 radical (unpaired) electrons. The quantitative estimate of drug-likeness (QED) is 0.817. The molecular weight excluding hydrogens is 255 g/mol. The smallest absolute Gasteiger partial charge is 0.146 e. The second-order valence-corrected chi connectivity index (χ2v) is 4.51. The summed E-state index contributed by atoms with van der Waals surface area (Å²) in [6.07, 6.45) is 0.831. The predicted molar refractivity (Wildman–Crippen MR) is 78.7 cm³/mol. The molecule has 0 saturated heterocycles. The van der Waals surface area contributed by atoms with Crippen LogP contribution in [0.25, 0.3) is 0 Å². The lowest BCUT2D eigenvalue weighted by molar-refractivity contribution is 0.327. The van der Waals surface area contributed by atoms with Gasteiger partial charge in [0.25, 0.3) is 0 Å². The van der Waals surface area contributed by atoms with Crippen LogP contribution in [0.3, 0.4) is 0 Å². The zero-order valence-corrected chi connectivity index (χ0v) is 11.8. The van der Waals surface area contributed by atoms with Gasteiger partial charge >= 0.3 is 0 Å². The van der Waals surface area contributed by atoms with Crippen LogP contribution in [-0.4, -0.2) is 18.1 Å². The summed E-state index contributed by atoms with van der Waals surface area (Å²) in [6, 6.07) is 10.5. The van der Waals surface area contributed by atoms with Crippen LogP contribution < -0.4 is 10.1 Å². The van der Waals surface area contributed by atoms with Gasteiger partial charge in [-0.15, -0.1) is 0 Å². The van der Waals surface area contributed by atoms with E-state index in [2.05, 4.69) is 10.3 Å². The summed E-state index contributed by atoms with van der Waals surface area (Å²) < 4.78 is 19.1. The number of halogens is 1. The van der Waals surface area contributed by atoms with E-state index in [1.807, 2.05) is 26.0 Å². The molecule has 0 fully saturated rings. The molecule has 0 bridgehead atoms. The molecule has 0 aliphatic heterocycles. The van der Waals surface area contributed by atoms with Gasteiger partial charge in [0.1, 0.15) is 18.2 Å². The zero-order chi connectivity index (χ0) is 14.4. The number of rotatable bonds is 6. The Labute approximate surface area is 118 Å². The molecule has 0 aliphatic carbocycles. The molecule has 0 unspecified atom stereocenters. The third kappa shape index (κ3) is 3.70. The van der Waals surface area contributed by atoms with Gasteiger partial charge in [-0.3, -0.25) is 4.98 Å². The summed E-state index contributed by atoms with van der Waals surface area (Å²) in [6.45, 7) is 5.01. The van der Waals surface area contributed by atoms with Crippen LogP contribution >= 0.6 is 0 Å². The first-order valence-electron chi connectivity index (χ1n) is 6.78. The molecule has 1 aromatic carbocycles. The summed E-state index contributed by atoms with van der Waals surface area (Å²) in [5.41, 5.74) is 2.43. The molecular formula is C16H19FN2O. The van der Waals surface area contributed by atoms with E-state index in [1.165, 1.54) is 6.07 Å². The average Bonchev–Trinajstić information content (AvgIpc) is 2.46. The maximum absolute atomic E-state index is 13.4. The Hall–Kier alpha value is -2.10. The van der Waals surface area contributed by atoms with E-state index in [0.717, 1.165) is 23.6 Å². The largest absolute Gasteiger partial charge is 0.490 e. The van der Waals surface area contributed by atoms with Gasteiger partial charge in [0.05, 0.1) is 11.4 Å². The number of aryl methyl sites for hydroxylation is 2. The van der Waals surface area contributed by atoms with Crippen molar-refractivity contribution < 1.29 is 9.13 Å². The Bertz CT molecular complexity index is 572. The standard InChI is InChI=1S/C16H19FN2O/c1-3-14-16(9-8-12(2)19-14)20-11-10-18-15-7-5-4-6-13(15)17/h4-9,18H,3,10-11H2,1-2H3. The number of aromatic nitrogens is 1. The van der Waals surface area contributed by atoms with Crippen molar-refractivity contribution in [2.45, 2.75) is 20.3 Å². The Morgan fingerprint density at radius 3 is 2.75 bits per heavy atom. The molecule has 1 N–H and O–H groups in total. The topological polar surface area (TPSA) is 34.1 Å². The minimum atomic E-state index is -0.251. The number of ether oxygens (including phenoxy) is 1. The van der Waals surface area contributed by atoms with Gasteiger partial charge < -0.3 is 10.1 Å². The first-order chi connectivity index (χ1) is 9.70. The molecule has 106 valence electrons. The first-order valence-corrected chi connectivity index (χ1v) is 6.78. The second-order valence-electron chi connectivity index (χ2n) is 4.51. The van der Waals surface area contributed by atoms with Crippen molar-refractivity contribution in [3.05, 3.63) is 53.6 Å². The normalized spacial score (nSPS) is 10.3. The van der Waals surface area contributed by atoms with E-state index in [-0.39, 0.29) is 5.82 Å². The molecule has 0 atom stereocenters.